The van der Waals surface area contributed by atoms with Crippen molar-refractivity contribution in [3.8, 4) is 0 Å². The Morgan fingerprint density at radius 3 is 2.65 bits per heavy atom. The molecule has 0 aliphatic heterocycles. The number of carboxylic acid groups (broad SMARTS) is 1. The Hall–Kier alpha value is -2.31. The van der Waals surface area contributed by atoms with Gasteiger partial charge in [-0.15, -0.1) is 0 Å². The Morgan fingerprint density at radius 1 is 1.41 bits per heavy atom. The SMILES string of the molecule is NC(=O)c1c[nH]c(C(=O)NCCCC(=O)O)c1. The highest BCUT2D eigenvalue weighted by atomic mass is 16.4. The molecular weight excluding hydrogens is 226 g/mol. The third-order valence-electron chi connectivity index (χ3n) is 2.07. The first-order valence-corrected chi connectivity index (χ1v) is 4.99. The smallest absolute Gasteiger partial charge is 0.303 e. The summed E-state index contributed by atoms with van der Waals surface area (Å²) in [4.78, 5) is 35.1. The summed E-state index contributed by atoms with van der Waals surface area (Å²) in [6.07, 6.45) is 1.69. The molecule has 1 aromatic heterocycles. The summed E-state index contributed by atoms with van der Waals surface area (Å²) in [6, 6.07) is 1.34. The van der Waals surface area contributed by atoms with Crippen molar-refractivity contribution in [1.82, 2.24) is 10.3 Å². The fourth-order valence-corrected chi connectivity index (χ4v) is 1.20. The molecule has 0 unspecified atom stereocenters. The van der Waals surface area contributed by atoms with Crippen LogP contribution in [-0.4, -0.2) is 34.4 Å². The Labute approximate surface area is 97.0 Å². The molecule has 0 saturated heterocycles. The monoisotopic (exact) mass is 239 g/mol. The van der Waals surface area contributed by atoms with Gasteiger partial charge in [0.1, 0.15) is 5.69 Å². The number of aromatic nitrogens is 1. The Kier molecular flexibility index (Phi) is 4.27. The number of nitrogens with one attached hydrogen (secondary N) is 2. The van der Waals surface area contributed by atoms with E-state index in [1.54, 1.807) is 0 Å². The van der Waals surface area contributed by atoms with Gasteiger partial charge in [-0.05, 0) is 12.5 Å². The molecule has 1 rings (SSSR count). The van der Waals surface area contributed by atoms with E-state index in [0.717, 1.165) is 0 Å². The van der Waals surface area contributed by atoms with E-state index >= 15 is 0 Å². The maximum atomic E-state index is 11.5. The van der Waals surface area contributed by atoms with Gasteiger partial charge in [0, 0.05) is 19.2 Å². The second-order valence-electron chi connectivity index (χ2n) is 3.42. The van der Waals surface area contributed by atoms with Crippen LogP contribution in [0.5, 0.6) is 0 Å². The molecule has 0 aliphatic carbocycles. The van der Waals surface area contributed by atoms with Crippen molar-refractivity contribution < 1.29 is 19.5 Å². The molecule has 0 spiro atoms. The first-order chi connectivity index (χ1) is 8.00. The van der Waals surface area contributed by atoms with Gasteiger partial charge in [-0.25, -0.2) is 0 Å². The molecule has 0 aliphatic rings. The average Bonchev–Trinajstić information content (AvgIpc) is 2.73. The lowest BCUT2D eigenvalue weighted by Crippen LogP contribution is -2.25. The van der Waals surface area contributed by atoms with Gasteiger partial charge in [0.15, 0.2) is 0 Å². The lowest BCUT2D eigenvalue weighted by atomic mass is 10.3. The van der Waals surface area contributed by atoms with Crippen LogP contribution in [0.3, 0.4) is 0 Å². The maximum Gasteiger partial charge on any atom is 0.303 e. The van der Waals surface area contributed by atoms with Crippen LogP contribution in [0.4, 0.5) is 0 Å². The summed E-state index contributed by atoms with van der Waals surface area (Å²) in [5.74, 6) is -1.93. The van der Waals surface area contributed by atoms with Gasteiger partial charge in [-0.2, -0.15) is 0 Å². The summed E-state index contributed by atoms with van der Waals surface area (Å²) >= 11 is 0. The van der Waals surface area contributed by atoms with E-state index in [1.807, 2.05) is 0 Å². The summed E-state index contributed by atoms with van der Waals surface area (Å²) in [5, 5.41) is 10.9. The third-order valence-corrected chi connectivity index (χ3v) is 2.07. The zero-order valence-electron chi connectivity index (χ0n) is 9.03. The lowest BCUT2D eigenvalue weighted by molar-refractivity contribution is -0.137. The van der Waals surface area contributed by atoms with Gasteiger partial charge >= 0.3 is 5.97 Å². The predicted octanol–water partition coefficient (Wildman–Crippen LogP) is -0.292. The zero-order valence-corrected chi connectivity index (χ0v) is 9.03. The van der Waals surface area contributed by atoms with Gasteiger partial charge in [-0.1, -0.05) is 0 Å². The van der Waals surface area contributed by atoms with Crippen LogP contribution in [0.25, 0.3) is 0 Å². The minimum atomic E-state index is -0.907. The van der Waals surface area contributed by atoms with Gasteiger partial charge in [0.2, 0.25) is 5.91 Å². The van der Waals surface area contributed by atoms with E-state index in [4.69, 9.17) is 10.8 Å². The van der Waals surface area contributed by atoms with Gasteiger partial charge in [-0.3, -0.25) is 14.4 Å². The number of H-pyrrole nitrogens is 1. The maximum absolute atomic E-state index is 11.5. The van der Waals surface area contributed by atoms with Crippen molar-refractivity contribution in [2.45, 2.75) is 12.8 Å². The fraction of sp³-hybridized carbons (Fsp3) is 0.300. The molecule has 0 radical (unpaired) electrons. The minimum Gasteiger partial charge on any atom is -0.481 e. The van der Waals surface area contributed by atoms with Crippen LogP contribution in [0.15, 0.2) is 12.3 Å². The van der Waals surface area contributed by atoms with Crippen molar-refractivity contribution in [3.63, 3.8) is 0 Å². The summed E-state index contributed by atoms with van der Waals surface area (Å²) < 4.78 is 0. The van der Waals surface area contributed by atoms with Crippen LogP contribution in [-0.2, 0) is 4.79 Å². The first-order valence-electron chi connectivity index (χ1n) is 4.99. The third kappa shape index (κ3) is 3.98. The van der Waals surface area contributed by atoms with Crippen LogP contribution in [0.1, 0.15) is 33.7 Å². The first kappa shape index (κ1) is 12.8. The van der Waals surface area contributed by atoms with E-state index in [0.29, 0.717) is 6.42 Å². The number of primary amides is 1. The topological polar surface area (TPSA) is 125 Å². The van der Waals surface area contributed by atoms with E-state index in [2.05, 4.69) is 10.3 Å². The standard InChI is InChI=1S/C10H13N3O4/c11-9(16)6-4-7(13-5-6)10(17)12-3-1-2-8(14)15/h4-5,13H,1-3H2,(H2,11,16)(H,12,17)(H,14,15). The largest absolute Gasteiger partial charge is 0.481 e. The van der Waals surface area contributed by atoms with Crippen molar-refractivity contribution in [2.75, 3.05) is 6.54 Å². The molecule has 7 heteroatoms. The molecule has 1 aromatic rings. The van der Waals surface area contributed by atoms with E-state index in [1.165, 1.54) is 12.3 Å². The lowest BCUT2D eigenvalue weighted by Gasteiger charge is -2.01. The molecule has 92 valence electrons. The van der Waals surface area contributed by atoms with E-state index in [-0.39, 0.29) is 24.2 Å². The second-order valence-corrected chi connectivity index (χ2v) is 3.42. The van der Waals surface area contributed by atoms with Crippen molar-refractivity contribution in [1.29, 1.82) is 0 Å². The van der Waals surface area contributed by atoms with Gasteiger partial charge in [0.25, 0.3) is 5.91 Å². The van der Waals surface area contributed by atoms with Crippen LogP contribution in [0.2, 0.25) is 0 Å². The number of aromatic amines is 1. The van der Waals surface area contributed by atoms with Gasteiger partial charge < -0.3 is 21.1 Å². The molecule has 2 amide bonds. The number of hydrogen-bond acceptors (Lipinski definition) is 3. The summed E-state index contributed by atoms with van der Waals surface area (Å²) in [5.41, 5.74) is 5.47. The molecule has 1 heterocycles. The molecule has 7 nitrogen and oxygen atoms in total. The highest BCUT2D eigenvalue weighted by molar-refractivity contribution is 5.98. The molecule has 17 heavy (non-hydrogen) atoms. The van der Waals surface area contributed by atoms with Crippen LogP contribution < -0.4 is 11.1 Å². The van der Waals surface area contributed by atoms with Crippen LogP contribution in [0, 0.1) is 0 Å². The molecule has 0 saturated carbocycles. The highest BCUT2D eigenvalue weighted by Gasteiger charge is 2.10. The van der Waals surface area contributed by atoms with Gasteiger partial charge in [0.05, 0.1) is 5.56 Å². The number of hydrogen-bond donors (Lipinski definition) is 4. The number of carbonyl (C=O) groups is 3. The van der Waals surface area contributed by atoms with E-state index < -0.39 is 17.8 Å². The molecule has 5 N–H and O–H groups in total. The highest BCUT2D eigenvalue weighted by Crippen LogP contribution is 2.02. The molecule has 0 fully saturated rings. The molecule has 0 bridgehead atoms. The van der Waals surface area contributed by atoms with Crippen molar-refractivity contribution in [3.05, 3.63) is 23.5 Å². The van der Waals surface area contributed by atoms with Crippen molar-refractivity contribution in [2.24, 2.45) is 5.73 Å². The Bertz CT molecular complexity index is 439. The number of carboxylic acids is 1. The zero-order chi connectivity index (χ0) is 12.8. The summed E-state index contributed by atoms with van der Waals surface area (Å²) in [6.45, 7) is 0.260. The minimum absolute atomic E-state index is 0.00244. The molecule has 0 atom stereocenters. The Balaban J connectivity index is 2.41. The van der Waals surface area contributed by atoms with Crippen LogP contribution >= 0.6 is 0 Å². The number of carbonyl (C=O) groups excluding carboxylic acids is 2. The van der Waals surface area contributed by atoms with Crippen molar-refractivity contribution >= 4 is 17.8 Å². The number of rotatable bonds is 6. The summed E-state index contributed by atoms with van der Waals surface area (Å²) in [7, 11) is 0. The quantitative estimate of drug-likeness (QED) is 0.509. The molecule has 0 aromatic carbocycles. The average molecular weight is 239 g/mol. The Morgan fingerprint density at radius 2 is 2.12 bits per heavy atom. The van der Waals surface area contributed by atoms with E-state index in [9.17, 15) is 14.4 Å². The normalized spacial score (nSPS) is 9.88. The second kappa shape index (κ2) is 5.69. The number of amides is 2. The number of aliphatic carboxylic acids is 1. The molecular formula is C10H13N3O4. The fourth-order valence-electron chi connectivity index (χ4n) is 1.20. The number of nitrogens with two attached hydrogens (primary N) is 1. The predicted molar refractivity (Wildman–Crippen MR) is 58.5 cm³/mol.